The van der Waals surface area contributed by atoms with E-state index in [9.17, 15) is 4.79 Å². The Morgan fingerprint density at radius 2 is 1.94 bits per heavy atom. The average molecular weight is 475 g/mol. The van der Waals surface area contributed by atoms with Crippen molar-refractivity contribution in [1.29, 1.82) is 0 Å². The Morgan fingerprint density at radius 1 is 1.22 bits per heavy atom. The molecule has 3 aromatic rings. The van der Waals surface area contributed by atoms with E-state index in [1.165, 1.54) is 0 Å². The number of rotatable bonds is 4. The van der Waals surface area contributed by atoms with E-state index < -0.39 is 0 Å². The molecule has 0 saturated carbocycles. The van der Waals surface area contributed by atoms with Gasteiger partial charge in [-0.15, -0.1) is 12.4 Å². The molecule has 1 amide bonds. The van der Waals surface area contributed by atoms with Crippen LogP contribution in [0.5, 0.6) is 5.75 Å². The van der Waals surface area contributed by atoms with Crippen molar-refractivity contribution < 1.29 is 9.53 Å². The molecule has 2 aromatic heterocycles. The van der Waals surface area contributed by atoms with Gasteiger partial charge in [-0.3, -0.25) is 4.79 Å². The number of ether oxygens (including phenoxy) is 1. The maximum atomic E-state index is 13.5. The fourth-order valence-electron chi connectivity index (χ4n) is 3.92. The Kier molecular flexibility index (Phi) is 7.47. The minimum atomic E-state index is -0.0194. The Labute approximate surface area is 199 Å². The summed E-state index contributed by atoms with van der Waals surface area (Å²) in [5, 5.41) is 4.85. The maximum absolute atomic E-state index is 13.5. The first-order valence-corrected chi connectivity index (χ1v) is 10.9. The largest absolute Gasteiger partial charge is 0.495 e. The number of benzene rings is 1. The van der Waals surface area contributed by atoms with Gasteiger partial charge >= 0.3 is 0 Å². The van der Waals surface area contributed by atoms with Gasteiger partial charge < -0.3 is 15.0 Å². The molecule has 1 saturated heterocycles. The zero-order chi connectivity index (χ0) is 22.1. The molecule has 0 aliphatic carbocycles. The van der Waals surface area contributed by atoms with Crippen LogP contribution in [0.4, 0.5) is 11.4 Å². The minimum absolute atomic E-state index is 0. The number of nitrogens with one attached hydrogen (secondary N) is 1. The van der Waals surface area contributed by atoms with E-state index in [2.05, 4.69) is 22.2 Å². The van der Waals surface area contributed by atoms with Crippen molar-refractivity contribution in [2.24, 2.45) is 5.92 Å². The molecule has 8 heteroatoms. The van der Waals surface area contributed by atoms with Crippen LogP contribution in [0.25, 0.3) is 11.0 Å². The van der Waals surface area contributed by atoms with Crippen molar-refractivity contribution in [3.05, 3.63) is 52.3 Å². The van der Waals surface area contributed by atoms with E-state index >= 15 is 0 Å². The first-order chi connectivity index (χ1) is 14.9. The number of carbonyl (C=O) groups excluding carboxylic acids is 1. The highest BCUT2D eigenvalue weighted by Crippen LogP contribution is 2.36. The second-order valence-electron chi connectivity index (χ2n) is 8.27. The Morgan fingerprint density at radius 3 is 2.62 bits per heavy atom. The van der Waals surface area contributed by atoms with Gasteiger partial charge in [-0.25, -0.2) is 9.97 Å². The molecule has 170 valence electrons. The third kappa shape index (κ3) is 4.76. The molecule has 0 unspecified atom stereocenters. The summed E-state index contributed by atoms with van der Waals surface area (Å²) >= 11 is 6.29. The van der Waals surface area contributed by atoms with Gasteiger partial charge in [0.15, 0.2) is 5.65 Å². The maximum Gasteiger partial charge on any atom is 0.257 e. The number of fused-ring (bicyclic) bond motifs is 1. The standard InChI is InChI=1S/C24H27ClN4O2.ClH/c1-14-7-9-29(10-8-14)24(30)18-13-26-23-17(6-5-16(3)27-23)22(18)28-20-11-15(2)19(25)12-21(20)31-4;/h5-6,11-14H,7-10H2,1-4H3,(H,26,27,28);1H. The lowest BCUT2D eigenvalue weighted by Gasteiger charge is -2.31. The normalized spacial score (nSPS) is 14.2. The summed E-state index contributed by atoms with van der Waals surface area (Å²) in [6.07, 6.45) is 3.66. The van der Waals surface area contributed by atoms with E-state index in [-0.39, 0.29) is 18.3 Å². The number of amides is 1. The van der Waals surface area contributed by atoms with Crippen molar-refractivity contribution >= 4 is 52.3 Å². The number of aryl methyl sites for hydroxylation is 2. The number of halogens is 2. The van der Waals surface area contributed by atoms with Gasteiger partial charge in [0.2, 0.25) is 0 Å². The summed E-state index contributed by atoms with van der Waals surface area (Å²) < 4.78 is 5.54. The summed E-state index contributed by atoms with van der Waals surface area (Å²) in [5.74, 6) is 1.23. The first-order valence-electron chi connectivity index (χ1n) is 10.5. The lowest BCUT2D eigenvalue weighted by atomic mass is 9.98. The molecular formula is C24H28Cl2N4O2. The number of methoxy groups -OCH3 is 1. The number of aromatic nitrogens is 2. The Bertz CT molecular complexity index is 1140. The second kappa shape index (κ2) is 9.92. The molecule has 0 bridgehead atoms. The minimum Gasteiger partial charge on any atom is -0.495 e. The highest BCUT2D eigenvalue weighted by Gasteiger charge is 2.25. The molecular weight excluding hydrogens is 447 g/mol. The van der Waals surface area contributed by atoms with Gasteiger partial charge in [0, 0.05) is 41.5 Å². The van der Waals surface area contributed by atoms with Crippen molar-refractivity contribution in [2.45, 2.75) is 33.6 Å². The summed E-state index contributed by atoms with van der Waals surface area (Å²) in [6.45, 7) is 7.60. The molecule has 1 fully saturated rings. The van der Waals surface area contributed by atoms with Crippen LogP contribution in [-0.4, -0.2) is 41.0 Å². The highest BCUT2D eigenvalue weighted by molar-refractivity contribution is 6.31. The molecule has 4 rings (SSSR count). The molecule has 0 atom stereocenters. The number of hydrogen-bond acceptors (Lipinski definition) is 5. The van der Waals surface area contributed by atoms with Crippen molar-refractivity contribution in [3.63, 3.8) is 0 Å². The quantitative estimate of drug-likeness (QED) is 0.506. The number of anilines is 2. The van der Waals surface area contributed by atoms with Gasteiger partial charge in [0.25, 0.3) is 5.91 Å². The van der Waals surface area contributed by atoms with Crippen LogP contribution in [0.2, 0.25) is 5.02 Å². The number of hydrogen-bond donors (Lipinski definition) is 1. The van der Waals surface area contributed by atoms with E-state index in [0.717, 1.165) is 48.3 Å². The highest BCUT2D eigenvalue weighted by atomic mass is 35.5. The van der Waals surface area contributed by atoms with Crippen LogP contribution in [0.15, 0.2) is 30.5 Å². The summed E-state index contributed by atoms with van der Waals surface area (Å²) in [6, 6.07) is 7.58. The van der Waals surface area contributed by atoms with Crippen LogP contribution >= 0.6 is 24.0 Å². The van der Waals surface area contributed by atoms with E-state index in [4.69, 9.17) is 16.3 Å². The number of piperidine rings is 1. The summed E-state index contributed by atoms with van der Waals surface area (Å²) in [7, 11) is 1.60. The van der Waals surface area contributed by atoms with Crippen LogP contribution in [0.1, 0.15) is 41.4 Å². The first kappa shape index (κ1) is 24.1. The van der Waals surface area contributed by atoms with E-state index in [0.29, 0.717) is 33.6 Å². The van der Waals surface area contributed by atoms with E-state index in [1.54, 1.807) is 19.4 Å². The van der Waals surface area contributed by atoms with Gasteiger partial charge in [0.1, 0.15) is 5.75 Å². The molecule has 1 aliphatic rings. The number of pyridine rings is 2. The average Bonchev–Trinajstić information content (AvgIpc) is 2.76. The molecule has 1 aromatic carbocycles. The number of likely N-dealkylation sites (tertiary alicyclic amines) is 1. The van der Waals surface area contributed by atoms with Crippen LogP contribution < -0.4 is 10.1 Å². The smallest absolute Gasteiger partial charge is 0.257 e. The predicted octanol–water partition coefficient (Wildman–Crippen LogP) is 5.95. The molecule has 32 heavy (non-hydrogen) atoms. The van der Waals surface area contributed by atoms with Gasteiger partial charge in [0.05, 0.1) is 24.0 Å². The fourth-order valence-corrected chi connectivity index (χ4v) is 4.07. The second-order valence-corrected chi connectivity index (χ2v) is 8.68. The van der Waals surface area contributed by atoms with Crippen LogP contribution in [0, 0.1) is 19.8 Å². The van der Waals surface area contributed by atoms with Gasteiger partial charge in [-0.2, -0.15) is 0 Å². The zero-order valence-electron chi connectivity index (χ0n) is 18.7. The molecule has 6 nitrogen and oxygen atoms in total. The van der Waals surface area contributed by atoms with Gasteiger partial charge in [-0.05, 0) is 56.4 Å². The summed E-state index contributed by atoms with van der Waals surface area (Å²) in [5.41, 5.74) is 4.32. The van der Waals surface area contributed by atoms with E-state index in [1.807, 2.05) is 36.9 Å². The fraction of sp³-hybridized carbons (Fsp3) is 0.375. The number of carbonyl (C=O) groups is 1. The van der Waals surface area contributed by atoms with Crippen molar-refractivity contribution in [1.82, 2.24) is 14.9 Å². The van der Waals surface area contributed by atoms with Crippen molar-refractivity contribution in [2.75, 3.05) is 25.5 Å². The number of nitrogens with zero attached hydrogens (tertiary/aromatic N) is 3. The Hall–Kier alpha value is -2.57. The van der Waals surface area contributed by atoms with Crippen LogP contribution in [-0.2, 0) is 0 Å². The molecule has 1 aliphatic heterocycles. The third-order valence-corrected chi connectivity index (χ3v) is 6.32. The molecule has 0 spiro atoms. The molecule has 1 N–H and O–H groups in total. The third-order valence-electron chi connectivity index (χ3n) is 5.91. The Balaban J connectivity index is 0.00000289. The lowest BCUT2D eigenvalue weighted by molar-refractivity contribution is 0.0698. The van der Waals surface area contributed by atoms with Crippen LogP contribution in [0.3, 0.4) is 0 Å². The SMILES string of the molecule is COc1cc(Cl)c(C)cc1Nc1c(C(=O)N2CCC(C)CC2)cnc2nc(C)ccc12.Cl. The zero-order valence-corrected chi connectivity index (χ0v) is 20.3. The molecule has 0 radical (unpaired) electrons. The monoisotopic (exact) mass is 474 g/mol. The van der Waals surface area contributed by atoms with Gasteiger partial charge in [-0.1, -0.05) is 18.5 Å². The summed E-state index contributed by atoms with van der Waals surface area (Å²) in [4.78, 5) is 24.4. The lowest BCUT2D eigenvalue weighted by Crippen LogP contribution is -2.38. The topological polar surface area (TPSA) is 67.3 Å². The predicted molar refractivity (Wildman–Crippen MR) is 132 cm³/mol. The van der Waals surface area contributed by atoms with Crippen molar-refractivity contribution in [3.8, 4) is 5.75 Å². The molecule has 3 heterocycles.